The molecule has 0 aliphatic heterocycles. The maximum absolute atomic E-state index is 3.40. The van der Waals surface area contributed by atoms with Gasteiger partial charge in [0.15, 0.2) is 0 Å². The third-order valence-corrected chi connectivity index (χ3v) is 4.26. The number of aryl methyl sites for hydroxylation is 2. The van der Waals surface area contributed by atoms with Crippen molar-refractivity contribution in [1.82, 2.24) is 5.32 Å². The fourth-order valence-electron chi connectivity index (χ4n) is 2.10. The van der Waals surface area contributed by atoms with Crippen LogP contribution in [0.2, 0.25) is 0 Å². The fourth-order valence-corrected chi connectivity index (χ4v) is 3.02. The summed E-state index contributed by atoms with van der Waals surface area (Å²) in [6.07, 6.45) is 2.31. The first-order chi connectivity index (χ1) is 8.31. The Labute approximate surface area is 108 Å². The molecule has 0 bridgehead atoms. The lowest BCUT2D eigenvalue weighted by Gasteiger charge is -2.16. The van der Waals surface area contributed by atoms with Crippen LogP contribution in [0, 0.1) is 6.92 Å². The van der Waals surface area contributed by atoms with Crippen LogP contribution in [0.4, 0.5) is 0 Å². The largest absolute Gasteiger partial charge is 0.313 e. The van der Waals surface area contributed by atoms with Crippen LogP contribution in [0.3, 0.4) is 0 Å². The van der Waals surface area contributed by atoms with Gasteiger partial charge in [0.2, 0.25) is 0 Å². The van der Waals surface area contributed by atoms with E-state index in [0.29, 0.717) is 6.04 Å². The van der Waals surface area contributed by atoms with Gasteiger partial charge in [0.25, 0.3) is 0 Å². The van der Waals surface area contributed by atoms with Crippen LogP contribution in [0.5, 0.6) is 0 Å². The predicted octanol–water partition coefficient (Wildman–Crippen LogP) is 3.95. The van der Waals surface area contributed by atoms with Crippen molar-refractivity contribution >= 4 is 11.3 Å². The molecule has 1 heterocycles. The Bertz CT molecular complexity index is 447. The predicted molar refractivity (Wildman–Crippen MR) is 75.6 cm³/mol. The fraction of sp³-hybridized carbons (Fsp3) is 0.333. The van der Waals surface area contributed by atoms with Gasteiger partial charge in [0, 0.05) is 10.9 Å². The molecule has 2 rings (SSSR count). The lowest BCUT2D eigenvalue weighted by atomic mass is 10.0. The first kappa shape index (κ1) is 12.3. The van der Waals surface area contributed by atoms with Gasteiger partial charge in [0.1, 0.15) is 0 Å². The molecule has 1 aromatic carbocycles. The van der Waals surface area contributed by atoms with Crippen molar-refractivity contribution in [3.8, 4) is 0 Å². The van der Waals surface area contributed by atoms with Gasteiger partial charge < -0.3 is 5.32 Å². The Morgan fingerprint density at radius 2 is 1.94 bits per heavy atom. The van der Waals surface area contributed by atoms with Gasteiger partial charge in [0.05, 0.1) is 0 Å². The van der Waals surface area contributed by atoms with Crippen molar-refractivity contribution in [2.45, 2.75) is 25.8 Å². The summed E-state index contributed by atoms with van der Waals surface area (Å²) in [5.41, 5.74) is 2.81. The lowest BCUT2D eigenvalue weighted by molar-refractivity contribution is 0.551. The molecule has 2 aromatic rings. The molecule has 0 aliphatic rings. The Hall–Kier alpha value is -1.12. The van der Waals surface area contributed by atoms with Crippen molar-refractivity contribution in [3.05, 3.63) is 57.8 Å². The van der Waals surface area contributed by atoms with E-state index in [1.54, 1.807) is 0 Å². The summed E-state index contributed by atoms with van der Waals surface area (Å²) < 4.78 is 0. The quantitative estimate of drug-likeness (QED) is 0.841. The highest BCUT2D eigenvalue weighted by Crippen LogP contribution is 2.23. The molecular formula is C15H19NS. The molecule has 1 atom stereocenters. The Balaban J connectivity index is 1.99. The zero-order valence-electron chi connectivity index (χ0n) is 10.4. The average Bonchev–Trinajstić information content (AvgIpc) is 2.77. The maximum atomic E-state index is 3.40. The number of hydrogen-bond acceptors (Lipinski definition) is 2. The lowest BCUT2D eigenvalue weighted by Crippen LogP contribution is -2.16. The molecule has 1 aromatic heterocycles. The number of thiophene rings is 1. The number of benzene rings is 1. The van der Waals surface area contributed by atoms with E-state index in [2.05, 4.69) is 54.0 Å². The van der Waals surface area contributed by atoms with Crippen molar-refractivity contribution in [2.24, 2.45) is 0 Å². The average molecular weight is 245 g/mol. The molecule has 0 fully saturated rings. The van der Waals surface area contributed by atoms with Crippen LogP contribution in [0.1, 0.15) is 28.5 Å². The van der Waals surface area contributed by atoms with E-state index < -0.39 is 0 Å². The minimum Gasteiger partial charge on any atom is -0.313 e. The number of rotatable bonds is 5. The standard InChI is InChI=1S/C15H19NS/c1-12-10-11-17-15(12)9-8-14(16-2)13-6-4-3-5-7-13/h3-7,10-11,14,16H,8-9H2,1-2H3. The Morgan fingerprint density at radius 1 is 1.18 bits per heavy atom. The molecular weight excluding hydrogens is 226 g/mol. The molecule has 1 nitrogen and oxygen atoms in total. The van der Waals surface area contributed by atoms with Gasteiger partial charge in [-0.3, -0.25) is 0 Å². The van der Waals surface area contributed by atoms with Crippen LogP contribution in [0.15, 0.2) is 41.8 Å². The molecule has 90 valence electrons. The molecule has 2 heteroatoms. The first-order valence-corrected chi connectivity index (χ1v) is 6.94. The van der Waals surface area contributed by atoms with Crippen molar-refractivity contribution in [1.29, 1.82) is 0 Å². The van der Waals surface area contributed by atoms with Crippen molar-refractivity contribution < 1.29 is 0 Å². The molecule has 0 radical (unpaired) electrons. The smallest absolute Gasteiger partial charge is 0.0320 e. The zero-order valence-corrected chi connectivity index (χ0v) is 11.3. The van der Waals surface area contributed by atoms with Gasteiger partial charge in [-0.15, -0.1) is 11.3 Å². The van der Waals surface area contributed by atoms with Gasteiger partial charge in [-0.25, -0.2) is 0 Å². The molecule has 1 unspecified atom stereocenters. The second-order valence-corrected chi connectivity index (χ2v) is 5.32. The normalized spacial score (nSPS) is 12.6. The topological polar surface area (TPSA) is 12.0 Å². The van der Waals surface area contributed by atoms with E-state index in [9.17, 15) is 0 Å². The SMILES string of the molecule is CNC(CCc1sccc1C)c1ccccc1. The summed E-state index contributed by atoms with van der Waals surface area (Å²) in [5, 5.41) is 5.59. The van der Waals surface area contributed by atoms with Gasteiger partial charge in [-0.05, 0) is 49.4 Å². The van der Waals surface area contributed by atoms with E-state index in [-0.39, 0.29) is 0 Å². The van der Waals surface area contributed by atoms with Crippen LogP contribution >= 0.6 is 11.3 Å². The summed E-state index contributed by atoms with van der Waals surface area (Å²) in [6, 6.07) is 13.3. The summed E-state index contributed by atoms with van der Waals surface area (Å²) in [6.45, 7) is 2.20. The Kier molecular flexibility index (Phi) is 4.35. The van der Waals surface area contributed by atoms with Gasteiger partial charge in [-0.1, -0.05) is 30.3 Å². The van der Waals surface area contributed by atoms with E-state index >= 15 is 0 Å². The van der Waals surface area contributed by atoms with Crippen molar-refractivity contribution in [3.63, 3.8) is 0 Å². The Morgan fingerprint density at radius 3 is 2.53 bits per heavy atom. The van der Waals surface area contributed by atoms with Crippen LogP contribution < -0.4 is 5.32 Å². The minimum absolute atomic E-state index is 0.456. The van der Waals surface area contributed by atoms with Crippen LogP contribution in [0.25, 0.3) is 0 Å². The second-order valence-electron chi connectivity index (χ2n) is 4.32. The van der Waals surface area contributed by atoms with Crippen LogP contribution in [-0.4, -0.2) is 7.05 Å². The summed E-state index contributed by atoms with van der Waals surface area (Å²) >= 11 is 1.87. The highest BCUT2D eigenvalue weighted by Gasteiger charge is 2.09. The second kappa shape index (κ2) is 5.99. The van der Waals surface area contributed by atoms with E-state index in [1.807, 2.05) is 18.4 Å². The molecule has 0 aliphatic carbocycles. The number of nitrogens with one attached hydrogen (secondary N) is 1. The summed E-state index contributed by atoms with van der Waals surface area (Å²) in [4.78, 5) is 1.51. The highest BCUT2D eigenvalue weighted by atomic mass is 32.1. The molecule has 0 spiro atoms. The first-order valence-electron chi connectivity index (χ1n) is 6.06. The molecule has 17 heavy (non-hydrogen) atoms. The van der Waals surface area contributed by atoms with Gasteiger partial charge >= 0.3 is 0 Å². The zero-order chi connectivity index (χ0) is 12.1. The van der Waals surface area contributed by atoms with Gasteiger partial charge in [-0.2, -0.15) is 0 Å². The molecule has 0 amide bonds. The van der Waals surface area contributed by atoms with Crippen molar-refractivity contribution in [2.75, 3.05) is 7.05 Å². The summed E-state index contributed by atoms with van der Waals surface area (Å²) in [7, 11) is 2.04. The monoisotopic (exact) mass is 245 g/mol. The summed E-state index contributed by atoms with van der Waals surface area (Å²) in [5.74, 6) is 0. The number of hydrogen-bond donors (Lipinski definition) is 1. The van der Waals surface area contributed by atoms with E-state index in [4.69, 9.17) is 0 Å². The van der Waals surface area contributed by atoms with Crippen LogP contribution in [-0.2, 0) is 6.42 Å². The highest BCUT2D eigenvalue weighted by molar-refractivity contribution is 7.10. The minimum atomic E-state index is 0.456. The van der Waals surface area contributed by atoms with E-state index in [0.717, 1.165) is 12.8 Å². The molecule has 0 saturated heterocycles. The molecule has 1 N–H and O–H groups in total. The third-order valence-electron chi connectivity index (χ3n) is 3.18. The molecule has 0 saturated carbocycles. The third kappa shape index (κ3) is 3.18. The van der Waals surface area contributed by atoms with E-state index in [1.165, 1.54) is 16.0 Å². The maximum Gasteiger partial charge on any atom is 0.0320 e.